The van der Waals surface area contributed by atoms with Crippen molar-refractivity contribution in [3.8, 4) is 22.9 Å². The molecule has 2 aromatic carbocycles. The Morgan fingerprint density at radius 1 is 1.05 bits per heavy atom. The fourth-order valence-electron chi connectivity index (χ4n) is 4.19. The second-order valence-corrected chi connectivity index (χ2v) is 10.0. The third-order valence-corrected chi connectivity index (χ3v) is 7.17. The molecule has 41 heavy (non-hydrogen) atoms. The lowest BCUT2D eigenvalue weighted by Crippen LogP contribution is -2.25. The van der Waals surface area contributed by atoms with E-state index in [1.165, 1.54) is 27.4 Å². The van der Waals surface area contributed by atoms with Gasteiger partial charge in [-0.1, -0.05) is 26.0 Å². The van der Waals surface area contributed by atoms with Crippen LogP contribution in [0.4, 0.5) is 5.00 Å². The fraction of sp³-hybridized carbons (Fsp3) is 0.267. The van der Waals surface area contributed by atoms with E-state index in [1.807, 2.05) is 12.1 Å². The minimum atomic E-state index is -0.664. The summed E-state index contributed by atoms with van der Waals surface area (Å²) in [4.78, 5) is 39.4. The van der Waals surface area contributed by atoms with Crippen LogP contribution >= 0.6 is 11.3 Å². The van der Waals surface area contributed by atoms with Gasteiger partial charge in [-0.25, -0.2) is 4.79 Å². The summed E-state index contributed by atoms with van der Waals surface area (Å²) in [5, 5.41) is 9.48. The number of ether oxygens (including phenoxy) is 4. The van der Waals surface area contributed by atoms with E-state index >= 15 is 0 Å². The van der Waals surface area contributed by atoms with Crippen molar-refractivity contribution in [2.75, 3.05) is 33.3 Å². The Hall–Kier alpha value is -4.64. The standard InChI is InChI=1S/C30H31N3O7S/c1-7-40-30(36)26-21-16-41-28(25(21)29(35)33(32-26)20-11-9-19(10-12-20)17(2)3)31-24(34)13-8-18-14-22(37-4)27(39-6)23(15-18)38-5/h8-17H,7H2,1-6H3,(H,31,34)/b13-8+. The van der Waals surface area contributed by atoms with Crippen molar-refractivity contribution in [3.05, 3.63) is 75.0 Å². The average Bonchev–Trinajstić information content (AvgIpc) is 3.39. The first-order chi connectivity index (χ1) is 19.7. The maximum Gasteiger partial charge on any atom is 0.359 e. The number of amides is 1. The number of aromatic nitrogens is 2. The zero-order valence-corrected chi connectivity index (χ0v) is 24.5. The zero-order chi connectivity index (χ0) is 29.7. The summed E-state index contributed by atoms with van der Waals surface area (Å²) in [6, 6.07) is 10.8. The number of nitrogens with zero attached hydrogens (tertiary/aromatic N) is 2. The normalized spacial score (nSPS) is 11.2. The smallest absolute Gasteiger partial charge is 0.359 e. The third kappa shape index (κ3) is 6.09. The van der Waals surface area contributed by atoms with E-state index in [0.717, 1.165) is 21.6 Å². The number of hydrogen-bond acceptors (Lipinski definition) is 9. The topological polar surface area (TPSA) is 118 Å². The van der Waals surface area contributed by atoms with Gasteiger partial charge < -0.3 is 24.3 Å². The van der Waals surface area contributed by atoms with Crippen molar-refractivity contribution in [1.29, 1.82) is 0 Å². The highest BCUT2D eigenvalue weighted by Crippen LogP contribution is 2.38. The molecule has 0 aliphatic carbocycles. The number of fused-ring (bicyclic) bond motifs is 1. The van der Waals surface area contributed by atoms with Crippen molar-refractivity contribution in [2.24, 2.45) is 0 Å². The molecule has 0 saturated heterocycles. The van der Waals surface area contributed by atoms with E-state index in [-0.39, 0.29) is 22.7 Å². The molecule has 0 saturated carbocycles. The van der Waals surface area contributed by atoms with Gasteiger partial charge in [0.15, 0.2) is 17.2 Å². The number of esters is 1. The molecule has 0 radical (unpaired) electrons. The Kier molecular flexibility index (Phi) is 9.08. The molecule has 0 aliphatic rings. The number of anilines is 1. The second-order valence-electron chi connectivity index (χ2n) is 9.17. The summed E-state index contributed by atoms with van der Waals surface area (Å²) >= 11 is 1.12. The molecule has 1 amide bonds. The minimum Gasteiger partial charge on any atom is -0.493 e. The molecule has 4 rings (SSSR count). The molecule has 4 aromatic rings. The SMILES string of the molecule is CCOC(=O)c1nn(-c2ccc(C(C)C)cc2)c(=O)c2c(NC(=O)/C=C/c3cc(OC)c(OC)c(OC)c3)scc12. The van der Waals surface area contributed by atoms with Crippen molar-refractivity contribution in [1.82, 2.24) is 9.78 Å². The molecule has 2 heterocycles. The lowest BCUT2D eigenvalue weighted by Gasteiger charge is -2.12. The molecule has 0 atom stereocenters. The largest absolute Gasteiger partial charge is 0.493 e. The zero-order valence-electron chi connectivity index (χ0n) is 23.6. The summed E-state index contributed by atoms with van der Waals surface area (Å²) in [6.45, 7) is 5.97. The number of hydrogen-bond donors (Lipinski definition) is 1. The van der Waals surface area contributed by atoms with Gasteiger partial charge in [0.1, 0.15) is 5.00 Å². The third-order valence-electron chi connectivity index (χ3n) is 6.28. The predicted molar refractivity (Wildman–Crippen MR) is 159 cm³/mol. The summed E-state index contributed by atoms with van der Waals surface area (Å²) in [7, 11) is 4.51. The van der Waals surface area contributed by atoms with Crippen LogP contribution in [-0.2, 0) is 9.53 Å². The van der Waals surface area contributed by atoms with Crippen LogP contribution in [0.2, 0.25) is 0 Å². The maximum atomic E-state index is 13.7. The predicted octanol–water partition coefficient (Wildman–Crippen LogP) is 5.43. The number of nitrogens with one attached hydrogen (secondary N) is 1. The van der Waals surface area contributed by atoms with Crippen LogP contribution in [0, 0.1) is 0 Å². The first-order valence-electron chi connectivity index (χ1n) is 12.8. The monoisotopic (exact) mass is 577 g/mol. The quantitative estimate of drug-likeness (QED) is 0.196. The van der Waals surface area contributed by atoms with E-state index < -0.39 is 17.4 Å². The van der Waals surface area contributed by atoms with Gasteiger partial charge in [0.05, 0.1) is 39.0 Å². The number of benzene rings is 2. The first kappa shape index (κ1) is 29.3. The van der Waals surface area contributed by atoms with E-state index in [4.69, 9.17) is 18.9 Å². The summed E-state index contributed by atoms with van der Waals surface area (Å²) in [5.41, 5.74) is 1.72. The molecule has 0 bridgehead atoms. The van der Waals surface area contributed by atoms with Crippen LogP contribution in [0.3, 0.4) is 0 Å². The van der Waals surface area contributed by atoms with E-state index in [1.54, 1.807) is 42.6 Å². The molecule has 0 spiro atoms. The van der Waals surface area contributed by atoms with Gasteiger partial charge in [-0.15, -0.1) is 11.3 Å². The van der Waals surface area contributed by atoms with E-state index in [9.17, 15) is 14.4 Å². The van der Waals surface area contributed by atoms with Gasteiger partial charge in [0.25, 0.3) is 5.56 Å². The van der Waals surface area contributed by atoms with Crippen LogP contribution in [0.25, 0.3) is 22.5 Å². The fourth-order valence-corrected chi connectivity index (χ4v) is 5.13. The number of thiophene rings is 1. The molecular weight excluding hydrogens is 546 g/mol. The van der Waals surface area contributed by atoms with Gasteiger partial charge in [-0.3, -0.25) is 9.59 Å². The van der Waals surface area contributed by atoms with Crippen molar-refractivity contribution in [3.63, 3.8) is 0 Å². The number of methoxy groups -OCH3 is 3. The van der Waals surface area contributed by atoms with Crippen molar-refractivity contribution >= 4 is 45.1 Å². The van der Waals surface area contributed by atoms with Crippen LogP contribution in [0.15, 0.2) is 52.6 Å². The Morgan fingerprint density at radius 3 is 2.27 bits per heavy atom. The Morgan fingerprint density at radius 2 is 1.71 bits per heavy atom. The van der Waals surface area contributed by atoms with E-state index in [0.29, 0.717) is 39.8 Å². The van der Waals surface area contributed by atoms with E-state index in [2.05, 4.69) is 24.3 Å². The van der Waals surface area contributed by atoms with Gasteiger partial charge in [0, 0.05) is 16.8 Å². The lowest BCUT2D eigenvalue weighted by molar-refractivity contribution is -0.111. The van der Waals surface area contributed by atoms with Crippen LogP contribution in [0.1, 0.15) is 48.3 Å². The van der Waals surface area contributed by atoms with Crippen molar-refractivity contribution < 1.29 is 28.5 Å². The molecule has 11 heteroatoms. The molecule has 0 fully saturated rings. The minimum absolute atomic E-state index is 0.0147. The van der Waals surface area contributed by atoms with Gasteiger partial charge in [-0.2, -0.15) is 9.78 Å². The molecule has 0 aliphatic heterocycles. The maximum absolute atomic E-state index is 13.7. The molecule has 1 N–H and O–H groups in total. The second kappa shape index (κ2) is 12.7. The first-order valence-corrected chi connectivity index (χ1v) is 13.7. The van der Waals surface area contributed by atoms with Crippen molar-refractivity contribution in [2.45, 2.75) is 26.7 Å². The highest BCUT2D eigenvalue weighted by Gasteiger charge is 2.23. The van der Waals surface area contributed by atoms with Crippen LogP contribution < -0.4 is 25.1 Å². The van der Waals surface area contributed by atoms with Gasteiger partial charge >= 0.3 is 5.97 Å². The average molecular weight is 578 g/mol. The highest BCUT2D eigenvalue weighted by atomic mass is 32.1. The molecule has 0 unspecified atom stereocenters. The highest BCUT2D eigenvalue weighted by molar-refractivity contribution is 7.16. The Bertz CT molecular complexity index is 1650. The number of carbonyl (C=O) groups is 2. The molecule has 10 nitrogen and oxygen atoms in total. The van der Waals surface area contributed by atoms with Crippen LogP contribution in [-0.4, -0.2) is 49.6 Å². The Balaban J connectivity index is 1.73. The molecule has 214 valence electrons. The Labute approximate surface area is 241 Å². The lowest BCUT2D eigenvalue weighted by atomic mass is 10.0. The van der Waals surface area contributed by atoms with Gasteiger partial charge in [-0.05, 0) is 54.3 Å². The molecular formula is C30H31N3O7S. The number of rotatable bonds is 10. The summed E-state index contributed by atoms with van der Waals surface area (Å²) in [6.07, 6.45) is 2.90. The summed E-state index contributed by atoms with van der Waals surface area (Å²) < 4.78 is 22.4. The molecule has 2 aromatic heterocycles. The summed E-state index contributed by atoms with van der Waals surface area (Å²) in [5.74, 6) is 0.474. The van der Waals surface area contributed by atoms with Crippen LogP contribution in [0.5, 0.6) is 17.2 Å². The van der Waals surface area contributed by atoms with Gasteiger partial charge in [0.2, 0.25) is 11.7 Å². The number of carbonyl (C=O) groups excluding carboxylic acids is 2.